The topological polar surface area (TPSA) is 58.4 Å². The molecule has 0 saturated heterocycles. The lowest BCUT2D eigenvalue weighted by molar-refractivity contribution is -0.137. The number of carboxylic acid groups (broad SMARTS) is 1. The van der Waals surface area contributed by atoms with Crippen LogP contribution in [0, 0.1) is 0 Å². The van der Waals surface area contributed by atoms with Gasteiger partial charge in [0.1, 0.15) is 6.54 Å². The first-order valence-corrected chi connectivity index (χ1v) is 6.07. The third-order valence-electron chi connectivity index (χ3n) is 3.04. The average Bonchev–Trinajstić information content (AvgIpc) is 2.73. The normalized spacial score (nSPS) is 10.8. The Bertz CT molecular complexity index is 558. The minimum Gasteiger partial charge on any atom is -0.480 e. The van der Waals surface area contributed by atoms with Crippen molar-refractivity contribution >= 4 is 22.7 Å². The molecule has 0 spiro atoms. The highest BCUT2D eigenvalue weighted by Crippen LogP contribution is 2.21. The summed E-state index contributed by atoms with van der Waals surface area (Å²) in [6.45, 7) is 6.05. The number of nitrogens with zero attached hydrogens (tertiary/aromatic N) is 3. The molecule has 0 saturated carbocycles. The van der Waals surface area contributed by atoms with Crippen molar-refractivity contribution in [2.45, 2.75) is 20.4 Å². The van der Waals surface area contributed by atoms with E-state index in [1.165, 1.54) is 0 Å². The molecule has 1 aromatic heterocycles. The number of hydrogen-bond donors (Lipinski definition) is 1. The molecule has 2 rings (SSSR count). The molecule has 0 unspecified atom stereocenters. The molecule has 2 aromatic rings. The molecule has 0 radical (unpaired) electrons. The number of carbonyl (C=O) groups is 1. The predicted molar refractivity (Wildman–Crippen MR) is 70.9 cm³/mol. The van der Waals surface area contributed by atoms with Crippen LogP contribution in [0.5, 0.6) is 0 Å². The Morgan fingerprint density at radius 1 is 1.39 bits per heavy atom. The number of benzene rings is 1. The zero-order chi connectivity index (χ0) is 13.1. The zero-order valence-electron chi connectivity index (χ0n) is 10.6. The van der Waals surface area contributed by atoms with Crippen LogP contribution in [0.4, 0.5) is 5.69 Å². The highest BCUT2D eigenvalue weighted by atomic mass is 16.4. The van der Waals surface area contributed by atoms with Gasteiger partial charge in [-0.1, -0.05) is 0 Å². The van der Waals surface area contributed by atoms with Gasteiger partial charge < -0.3 is 14.6 Å². The maximum Gasteiger partial charge on any atom is 0.323 e. The maximum atomic E-state index is 10.7. The van der Waals surface area contributed by atoms with Crippen molar-refractivity contribution in [2.24, 2.45) is 0 Å². The average molecular weight is 247 g/mol. The molecule has 1 N–H and O–H groups in total. The number of imidazole rings is 1. The van der Waals surface area contributed by atoms with E-state index in [1.54, 1.807) is 10.9 Å². The summed E-state index contributed by atoms with van der Waals surface area (Å²) in [5.74, 6) is -0.859. The van der Waals surface area contributed by atoms with Crippen molar-refractivity contribution < 1.29 is 9.90 Å². The standard InChI is InChI=1S/C13H17N3O2/c1-3-15(4-2)10-5-6-12-11(7-10)14-9-16(12)8-13(17)18/h5-7,9H,3-4,8H2,1-2H3,(H,17,18). The van der Waals surface area contributed by atoms with Crippen molar-refractivity contribution in [1.29, 1.82) is 0 Å². The summed E-state index contributed by atoms with van der Waals surface area (Å²) in [5.41, 5.74) is 2.81. The van der Waals surface area contributed by atoms with Crippen molar-refractivity contribution in [3.05, 3.63) is 24.5 Å². The van der Waals surface area contributed by atoms with E-state index in [2.05, 4.69) is 23.7 Å². The van der Waals surface area contributed by atoms with Crippen LogP contribution in [0.15, 0.2) is 24.5 Å². The van der Waals surface area contributed by atoms with Crippen LogP contribution in [-0.2, 0) is 11.3 Å². The molecule has 0 fully saturated rings. The number of fused-ring (bicyclic) bond motifs is 1. The van der Waals surface area contributed by atoms with Gasteiger partial charge in [0.2, 0.25) is 0 Å². The van der Waals surface area contributed by atoms with Gasteiger partial charge in [-0.3, -0.25) is 4.79 Å². The third-order valence-corrected chi connectivity index (χ3v) is 3.04. The van der Waals surface area contributed by atoms with Crippen molar-refractivity contribution in [3.63, 3.8) is 0 Å². The van der Waals surface area contributed by atoms with E-state index in [4.69, 9.17) is 5.11 Å². The second-order valence-corrected chi connectivity index (χ2v) is 4.11. The van der Waals surface area contributed by atoms with E-state index in [1.807, 2.05) is 18.2 Å². The Morgan fingerprint density at radius 2 is 2.11 bits per heavy atom. The van der Waals surface area contributed by atoms with Gasteiger partial charge in [-0.05, 0) is 32.0 Å². The molecule has 18 heavy (non-hydrogen) atoms. The molecule has 5 nitrogen and oxygen atoms in total. The van der Waals surface area contributed by atoms with Crippen LogP contribution in [0.25, 0.3) is 11.0 Å². The minimum absolute atomic E-state index is 0.0544. The molecule has 0 atom stereocenters. The predicted octanol–water partition coefficient (Wildman–Crippen LogP) is 1.97. The molecule has 0 amide bonds. The number of aliphatic carboxylic acids is 1. The summed E-state index contributed by atoms with van der Waals surface area (Å²) in [6.07, 6.45) is 1.57. The number of hydrogen-bond acceptors (Lipinski definition) is 3. The van der Waals surface area contributed by atoms with E-state index < -0.39 is 5.97 Å². The van der Waals surface area contributed by atoms with Crippen molar-refractivity contribution in [2.75, 3.05) is 18.0 Å². The first kappa shape index (κ1) is 12.4. The lowest BCUT2D eigenvalue weighted by Crippen LogP contribution is -2.21. The monoisotopic (exact) mass is 247 g/mol. The highest BCUT2D eigenvalue weighted by Gasteiger charge is 2.08. The Labute approximate surface area is 106 Å². The summed E-state index contributed by atoms with van der Waals surface area (Å²) in [5, 5.41) is 8.81. The first-order valence-electron chi connectivity index (χ1n) is 6.07. The van der Waals surface area contributed by atoms with Crippen LogP contribution >= 0.6 is 0 Å². The van der Waals surface area contributed by atoms with Gasteiger partial charge in [0.25, 0.3) is 0 Å². The van der Waals surface area contributed by atoms with Gasteiger partial charge >= 0.3 is 5.97 Å². The van der Waals surface area contributed by atoms with Crippen LogP contribution in [0.3, 0.4) is 0 Å². The maximum absolute atomic E-state index is 10.7. The van der Waals surface area contributed by atoms with E-state index in [0.717, 1.165) is 29.8 Å². The highest BCUT2D eigenvalue weighted by molar-refractivity contribution is 5.81. The SMILES string of the molecule is CCN(CC)c1ccc2c(c1)ncn2CC(=O)O. The van der Waals surface area contributed by atoms with Crippen molar-refractivity contribution in [3.8, 4) is 0 Å². The van der Waals surface area contributed by atoms with Gasteiger partial charge in [-0.15, -0.1) is 0 Å². The summed E-state index contributed by atoms with van der Waals surface area (Å²) >= 11 is 0. The van der Waals surface area contributed by atoms with E-state index in [9.17, 15) is 4.79 Å². The second kappa shape index (κ2) is 5.08. The van der Waals surface area contributed by atoms with Crippen LogP contribution in [0.1, 0.15) is 13.8 Å². The fraction of sp³-hybridized carbons (Fsp3) is 0.385. The molecule has 5 heteroatoms. The summed E-state index contributed by atoms with van der Waals surface area (Å²) in [6, 6.07) is 5.94. The molecule has 0 aliphatic carbocycles. The molecular formula is C13H17N3O2. The third kappa shape index (κ3) is 2.30. The van der Waals surface area contributed by atoms with Gasteiger partial charge in [0.05, 0.1) is 17.4 Å². The second-order valence-electron chi connectivity index (χ2n) is 4.11. The smallest absolute Gasteiger partial charge is 0.323 e. The number of aromatic nitrogens is 2. The number of rotatable bonds is 5. The summed E-state index contributed by atoms with van der Waals surface area (Å²) in [4.78, 5) is 17.2. The van der Waals surface area contributed by atoms with Crippen molar-refractivity contribution in [1.82, 2.24) is 9.55 Å². The Balaban J connectivity index is 2.39. The fourth-order valence-corrected chi connectivity index (χ4v) is 2.11. The van der Waals surface area contributed by atoms with E-state index >= 15 is 0 Å². The summed E-state index contributed by atoms with van der Waals surface area (Å²) in [7, 11) is 0. The van der Waals surface area contributed by atoms with Gasteiger partial charge in [-0.2, -0.15) is 0 Å². The first-order chi connectivity index (χ1) is 8.65. The Hall–Kier alpha value is -2.04. The largest absolute Gasteiger partial charge is 0.480 e. The van der Waals surface area contributed by atoms with Gasteiger partial charge in [0, 0.05) is 18.8 Å². The van der Waals surface area contributed by atoms with Gasteiger partial charge in [-0.25, -0.2) is 4.98 Å². The number of anilines is 1. The molecule has 1 aromatic carbocycles. The van der Waals surface area contributed by atoms with E-state index in [0.29, 0.717) is 0 Å². The molecule has 1 heterocycles. The molecule has 0 bridgehead atoms. The zero-order valence-corrected chi connectivity index (χ0v) is 10.6. The van der Waals surface area contributed by atoms with Crippen LogP contribution < -0.4 is 4.90 Å². The van der Waals surface area contributed by atoms with Gasteiger partial charge in [0.15, 0.2) is 0 Å². The quantitative estimate of drug-likeness (QED) is 0.877. The molecular weight excluding hydrogens is 230 g/mol. The van der Waals surface area contributed by atoms with Crippen LogP contribution in [0.2, 0.25) is 0 Å². The van der Waals surface area contributed by atoms with E-state index in [-0.39, 0.29) is 6.54 Å². The lowest BCUT2D eigenvalue weighted by Gasteiger charge is -2.20. The fourth-order valence-electron chi connectivity index (χ4n) is 2.11. The molecule has 0 aliphatic heterocycles. The molecule has 0 aliphatic rings. The minimum atomic E-state index is -0.859. The van der Waals surface area contributed by atoms with Crippen LogP contribution in [-0.4, -0.2) is 33.7 Å². The Kier molecular flexibility index (Phi) is 3.50. The number of carboxylic acids is 1. The molecule has 96 valence electrons. The lowest BCUT2D eigenvalue weighted by atomic mass is 10.2. The summed E-state index contributed by atoms with van der Waals surface area (Å²) < 4.78 is 1.64. The Morgan fingerprint density at radius 3 is 2.72 bits per heavy atom.